The van der Waals surface area contributed by atoms with Crippen molar-refractivity contribution in [1.82, 2.24) is 20.2 Å². The summed E-state index contributed by atoms with van der Waals surface area (Å²) in [5.74, 6) is 0.626. The molecule has 2 aromatic carbocycles. The van der Waals surface area contributed by atoms with Crippen LogP contribution in [0.4, 0.5) is 5.95 Å². The largest absolute Gasteiger partial charge is 0.323 e. The fraction of sp³-hybridized carbons (Fsp3) is 0.0625. The highest BCUT2D eigenvalue weighted by Crippen LogP contribution is 2.31. The van der Waals surface area contributed by atoms with Crippen LogP contribution in [-0.4, -0.2) is 20.2 Å². The number of halogens is 1. The molecule has 0 radical (unpaired) electrons. The summed E-state index contributed by atoms with van der Waals surface area (Å²) in [7, 11) is 0. The minimum Gasteiger partial charge on any atom is -0.323 e. The first-order chi connectivity index (χ1) is 10.8. The Morgan fingerprint density at radius 3 is 2.55 bits per heavy atom. The minimum absolute atomic E-state index is 0.0706. The number of rotatable bonds is 2. The average molecular weight is 310 g/mol. The fourth-order valence-electron chi connectivity index (χ4n) is 2.54. The summed E-state index contributed by atoms with van der Waals surface area (Å²) in [6.45, 7) is 0. The molecule has 0 spiro atoms. The molecule has 1 aliphatic rings. The maximum Gasteiger partial charge on any atom is 0.248 e. The molecule has 2 heterocycles. The van der Waals surface area contributed by atoms with Crippen molar-refractivity contribution in [2.24, 2.45) is 0 Å². The Morgan fingerprint density at radius 2 is 1.77 bits per heavy atom. The van der Waals surface area contributed by atoms with E-state index in [1.54, 1.807) is 4.68 Å². The first kappa shape index (κ1) is 13.0. The van der Waals surface area contributed by atoms with Gasteiger partial charge in [0.25, 0.3) is 0 Å². The Morgan fingerprint density at radius 1 is 1.00 bits per heavy atom. The van der Waals surface area contributed by atoms with Gasteiger partial charge in [0.15, 0.2) is 0 Å². The van der Waals surface area contributed by atoms with Crippen LogP contribution >= 0.6 is 11.6 Å². The first-order valence-electron chi connectivity index (χ1n) is 6.89. The molecule has 3 aromatic rings. The zero-order valence-corrected chi connectivity index (χ0v) is 12.3. The van der Waals surface area contributed by atoms with Crippen molar-refractivity contribution in [2.75, 3.05) is 5.32 Å². The van der Waals surface area contributed by atoms with Gasteiger partial charge in [-0.05, 0) is 39.8 Å². The molecule has 6 heteroatoms. The van der Waals surface area contributed by atoms with E-state index in [2.05, 4.69) is 39.1 Å². The van der Waals surface area contributed by atoms with Crippen molar-refractivity contribution in [3.05, 3.63) is 76.8 Å². The van der Waals surface area contributed by atoms with Gasteiger partial charge >= 0.3 is 0 Å². The van der Waals surface area contributed by atoms with Gasteiger partial charge in [-0.15, -0.1) is 0 Å². The van der Waals surface area contributed by atoms with Crippen LogP contribution in [0, 0.1) is 0 Å². The van der Waals surface area contributed by atoms with Crippen molar-refractivity contribution in [2.45, 2.75) is 6.04 Å². The minimum atomic E-state index is -0.0706. The zero-order chi connectivity index (χ0) is 14.9. The molecular weight excluding hydrogens is 298 g/mol. The molecule has 1 N–H and O–H groups in total. The second-order valence-electron chi connectivity index (χ2n) is 5.01. The Labute approximate surface area is 132 Å². The second kappa shape index (κ2) is 5.27. The van der Waals surface area contributed by atoms with Gasteiger partial charge in [-0.3, -0.25) is 0 Å². The van der Waals surface area contributed by atoms with Crippen LogP contribution in [0.3, 0.4) is 0 Å². The van der Waals surface area contributed by atoms with Gasteiger partial charge < -0.3 is 5.32 Å². The Bertz CT molecular complexity index is 823. The highest BCUT2D eigenvalue weighted by atomic mass is 35.5. The SMILES string of the molecule is Clc1ccc(C2C=C(c3ccccc3)Nc3nnnn32)cc1. The second-order valence-corrected chi connectivity index (χ2v) is 5.45. The maximum atomic E-state index is 5.98. The number of fused-ring (bicyclic) bond motifs is 1. The van der Waals surface area contributed by atoms with E-state index in [0.717, 1.165) is 16.8 Å². The van der Waals surface area contributed by atoms with Gasteiger partial charge in [-0.25, -0.2) is 0 Å². The number of nitrogens with zero attached hydrogens (tertiary/aromatic N) is 4. The lowest BCUT2D eigenvalue weighted by Gasteiger charge is -2.23. The highest BCUT2D eigenvalue weighted by molar-refractivity contribution is 6.30. The summed E-state index contributed by atoms with van der Waals surface area (Å²) in [5, 5.41) is 15.9. The lowest BCUT2D eigenvalue weighted by atomic mass is 10.0. The molecule has 1 aliphatic heterocycles. The number of hydrogen-bond donors (Lipinski definition) is 1. The maximum absolute atomic E-state index is 5.98. The fourth-order valence-corrected chi connectivity index (χ4v) is 2.66. The smallest absolute Gasteiger partial charge is 0.248 e. The van der Waals surface area contributed by atoms with Crippen LogP contribution < -0.4 is 5.32 Å². The average Bonchev–Trinajstić information content (AvgIpc) is 3.04. The monoisotopic (exact) mass is 309 g/mol. The molecule has 1 atom stereocenters. The van der Waals surface area contributed by atoms with Gasteiger partial charge in [-0.1, -0.05) is 59.2 Å². The molecule has 1 unspecified atom stereocenters. The third kappa shape index (κ3) is 2.25. The first-order valence-corrected chi connectivity index (χ1v) is 7.27. The van der Waals surface area contributed by atoms with Crippen molar-refractivity contribution in [3.63, 3.8) is 0 Å². The van der Waals surface area contributed by atoms with Crippen molar-refractivity contribution < 1.29 is 0 Å². The van der Waals surface area contributed by atoms with E-state index in [9.17, 15) is 0 Å². The molecule has 22 heavy (non-hydrogen) atoms. The van der Waals surface area contributed by atoms with Crippen molar-refractivity contribution in [3.8, 4) is 0 Å². The van der Waals surface area contributed by atoms with Crippen LogP contribution in [0.1, 0.15) is 17.2 Å². The van der Waals surface area contributed by atoms with Crippen LogP contribution in [0.5, 0.6) is 0 Å². The van der Waals surface area contributed by atoms with Gasteiger partial charge in [0.1, 0.15) is 6.04 Å². The zero-order valence-electron chi connectivity index (χ0n) is 11.5. The number of allylic oxidation sites excluding steroid dienone is 1. The number of nitrogens with one attached hydrogen (secondary N) is 1. The van der Waals surface area contributed by atoms with E-state index in [1.807, 2.05) is 42.5 Å². The normalized spacial score (nSPS) is 16.6. The molecule has 0 saturated carbocycles. The molecule has 5 nitrogen and oxygen atoms in total. The van der Waals surface area contributed by atoms with E-state index in [4.69, 9.17) is 11.6 Å². The molecule has 108 valence electrons. The lowest BCUT2D eigenvalue weighted by Crippen LogP contribution is -2.20. The lowest BCUT2D eigenvalue weighted by molar-refractivity contribution is 0.586. The summed E-state index contributed by atoms with van der Waals surface area (Å²) in [5.41, 5.74) is 3.16. The number of hydrogen-bond acceptors (Lipinski definition) is 4. The third-order valence-corrected chi connectivity index (χ3v) is 3.88. The third-order valence-electron chi connectivity index (χ3n) is 3.62. The molecule has 0 saturated heterocycles. The standard InChI is InChI=1S/C16H12ClN5/c17-13-8-6-12(7-9-13)15-10-14(11-4-2-1-3-5-11)18-16-19-20-21-22(15)16/h1-10,15H,(H,18,19,21). The summed E-state index contributed by atoms with van der Waals surface area (Å²) in [6.07, 6.45) is 2.11. The Hall–Kier alpha value is -2.66. The topological polar surface area (TPSA) is 55.6 Å². The van der Waals surface area contributed by atoms with E-state index in [1.165, 1.54) is 0 Å². The number of benzene rings is 2. The Kier molecular flexibility index (Phi) is 3.12. The quantitative estimate of drug-likeness (QED) is 0.788. The van der Waals surface area contributed by atoms with Gasteiger partial charge in [0.05, 0.1) is 0 Å². The number of tetrazole rings is 1. The molecular formula is C16H12ClN5. The van der Waals surface area contributed by atoms with Crippen LogP contribution in [-0.2, 0) is 0 Å². The summed E-state index contributed by atoms with van der Waals surface area (Å²) in [4.78, 5) is 0. The summed E-state index contributed by atoms with van der Waals surface area (Å²) >= 11 is 5.98. The predicted octanol–water partition coefficient (Wildman–Crippen LogP) is 3.38. The summed E-state index contributed by atoms with van der Waals surface area (Å²) < 4.78 is 1.76. The van der Waals surface area contributed by atoms with E-state index in [-0.39, 0.29) is 6.04 Å². The molecule has 1 aromatic heterocycles. The van der Waals surface area contributed by atoms with Crippen LogP contribution in [0.25, 0.3) is 5.70 Å². The van der Waals surface area contributed by atoms with E-state index in [0.29, 0.717) is 11.0 Å². The molecule has 0 amide bonds. The van der Waals surface area contributed by atoms with Crippen LogP contribution in [0.2, 0.25) is 5.02 Å². The molecule has 0 bridgehead atoms. The van der Waals surface area contributed by atoms with Gasteiger partial charge in [0.2, 0.25) is 5.95 Å². The number of anilines is 1. The highest BCUT2D eigenvalue weighted by Gasteiger charge is 2.24. The molecule has 0 aliphatic carbocycles. The predicted molar refractivity (Wildman–Crippen MR) is 85.4 cm³/mol. The van der Waals surface area contributed by atoms with Crippen molar-refractivity contribution in [1.29, 1.82) is 0 Å². The molecule has 0 fully saturated rings. The van der Waals surface area contributed by atoms with Crippen molar-refractivity contribution >= 4 is 23.2 Å². The van der Waals surface area contributed by atoms with Gasteiger partial charge in [-0.2, -0.15) is 4.68 Å². The van der Waals surface area contributed by atoms with Crippen LogP contribution in [0.15, 0.2) is 60.7 Å². The number of aromatic nitrogens is 4. The van der Waals surface area contributed by atoms with Gasteiger partial charge in [0, 0.05) is 10.7 Å². The molecule has 4 rings (SSSR count). The van der Waals surface area contributed by atoms with E-state index >= 15 is 0 Å². The Balaban J connectivity index is 1.81. The summed E-state index contributed by atoms with van der Waals surface area (Å²) in [6, 6.07) is 17.8. The van der Waals surface area contributed by atoms with E-state index < -0.39 is 0 Å².